The lowest BCUT2D eigenvalue weighted by Crippen LogP contribution is -2.50. The Labute approximate surface area is 93.3 Å². The molecular formula is C14H22O. The summed E-state index contributed by atoms with van der Waals surface area (Å²) in [4.78, 5) is 12.3. The van der Waals surface area contributed by atoms with Crippen molar-refractivity contribution in [2.45, 2.75) is 41.5 Å². The maximum Gasteiger partial charge on any atom is 0.166 e. The number of carbonyl (C=O) groups excluding carboxylic acids is 1. The van der Waals surface area contributed by atoms with Crippen LogP contribution in [0.15, 0.2) is 24.3 Å². The number of rotatable bonds is 0. The van der Waals surface area contributed by atoms with Gasteiger partial charge in [-0.1, -0.05) is 59.8 Å². The fourth-order valence-electron chi connectivity index (χ4n) is 2.92. The molecule has 0 aliphatic heterocycles. The Bertz CT molecular complexity index is 304. The molecule has 0 bridgehead atoms. The first-order valence-electron chi connectivity index (χ1n) is 5.53. The molecule has 0 heterocycles. The predicted molar refractivity (Wildman–Crippen MR) is 64.6 cm³/mol. The standard InChI is InChI=1S/C14H22O/c1-12(2,3)14(13(4,5)6)10-8-7-9-11(14)15/h7-10H,1-6H3. The van der Waals surface area contributed by atoms with Crippen molar-refractivity contribution in [3.63, 3.8) is 0 Å². The van der Waals surface area contributed by atoms with Crippen LogP contribution in [0.1, 0.15) is 41.5 Å². The minimum Gasteiger partial charge on any atom is -0.294 e. The van der Waals surface area contributed by atoms with E-state index in [-0.39, 0.29) is 16.6 Å². The zero-order valence-corrected chi connectivity index (χ0v) is 10.7. The second-order valence-electron chi connectivity index (χ2n) is 6.39. The van der Waals surface area contributed by atoms with Gasteiger partial charge in [-0.15, -0.1) is 0 Å². The van der Waals surface area contributed by atoms with E-state index in [0.717, 1.165) is 0 Å². The summed E-state index contributed by atoms with van der Waals surface area (Å²) in [5.41, 5.74) is -0.526. The summed E-state index contributed by atoms with van der Waals surface area (Å²) < 4.78 is 0. The molecule has 1 rings (SSSR count). The lowest BCUT2D eigenvalue weighted by molar-refractivity contribution is -0.134. The molecule has 1 aliphatic carbocycles. The molecule has 0 saturated heterocycles. The topological polar surface area (TPSA) is 17.1 Å². The van der Waals surface area contributed by atoms with E-state index in [2.05, 4.69) is 47.6 Å². The van der Waals surface area contributed by atoms with Crippen LogP contribution in [-0.2, 0) is 4.79 Å². The molecule has 0 aromatic heterocycles. The minimum absolute atomic E-state index is 0.0659. The summed E-state index contributed by atoms with van der Waals surface area (Å²) >= 11 is 0. The highest BCUT2D eigenvalue weighted by Crippen LogP contribution is 2.54. The third-order valence-corrected chi connectivity index (χ3v) is 3.46. The summed E-state index contributed by atoms with van der Waals surface area (Å²) in [6, 6.07) is 0. The number of allylic oxidation sites excluding steroid dienone is 4. The second kappa shape index (κ2) is 3.33. The summed E-state index contributed by atoms with van der Waals surface area (Å²) in [7, 11) is 0. The third kappa shape index (κ3) is 1.68. The first-order chi connectivity index (χ1) is 6.63. The summed E-state index contributed by atoms with van der Waals surface area (Å²) in [6.07, 6.45) is 7.61. The average Bonchev–Trinajstić information content (AvgIpc) is 2.00. The van der Waals surface area contributed by atoms with Crippen molar-refractivity contribution < 1.29 is 4.79 Å². The van der Waals surface area contributed by atoms with Crippen molar-refractivity contribution in [2.24, 2.45) is 16.2 Å². The third-order valence-electron chi connectivity index (χ3n) is 3.46. The van der Waals surface area contributed by atoms with E-state index in [1.54, 1.807) is 6.08 Å². The minimum atomic E-state index is -0.394. The quantitative estimate of drug-likeness (QED) is 0.590. The summed E-state index contributed by atoms with van der Waals surface area (Å²) in [5, 5.41) is 0. The number of carbonyl (C=O) groups is 1. The largest absolute Gasteiger partial charge is 0.294 e. The molecule has 15 heavy (non-hydrogen) atoms. The van der Waals surface area contributed by atoms with E-state index >= 15 is 0 Å². The Balaban J connectivity index is 3.39. The molecule has 0 aromatic carbocycles. The molecule has 0 unspecified atom stereocenters. The summed E-state index contributed by atoms with van der Waals surface area (Å²) in [6.45, 7) is 12.8. The molecule has 1 heteroatoms. The molecule has 0 radical (unpaired) electrons. The summed E-state index contributed by atoms with van der Waals surface area (Å²) in [5.74, 6) is 0.227. The van der Waals surface area contributed by atoms with Gasteiger partial charge in [-0.3, -0.25) is 4.79 Å². The van der Waals surface area contributed by atoms with Gasteiger partial charge in [-0.25, -0.2) is 0 Å². The van der Waals surface area contributed by atoms with Crippen LogP contribution < -0.4 is 0 Å². The van der Waals surface area contributed by atoms with Crippen molar-refractivity contribution in [3.8, 4) is 0 Å². The zero-order valence-electron chi connectivity index (χ0n) is 10.7. The van der Waals surface area contributed by atoms with Gasteiger partial charge in [-0.2, -0.15) is 0 Å². The Morgan fingerprint density at radius 1 is 0.933 bits per heavy atom. The lowest BCUT2D eigenvalue weighted by atomic mass is 9.51. The molecule has 0 spiro atoms. The van der Waals surface area contributed by atoms with Crippen molar-refractivity contribution in [2.75, 3.05) is 0 Å². The van der Waals surface area contributed by atoms with Crippen LogP contribution in [-0.4, -0.2) is 5.78 Å². The number of hydrogen-bond acceptors (Lipinski definition) is 1. The maximum atomic E-state index is 12.3. The van der Waals surface area contributed by atoms with Gasteiger partial charge in [0.25, 0.3) is 0 Å². The van der Waals surface area contributed by atoms with E-state index in [4.69, 9.17) is 0 Å². The van der Waals surface area contributed by atoms with Crippen LogP contribution >= 0.6 is 0 Å². The van der Waals surface area contributed by atoms with Crippen LogP contribution in [0, 0.1) is 16.2 Å². The van der Waals surface area contributed by atoms with Gasteiger partial charge in [0.15, 0.2) is 5.78 Å². The molecular weight excluding hydrogens is 184 g/mol. The van der Waals surface area contributed by atoms with Gasteiger partial charge in [0.2, 0.25) is 0 Å². The molecule has 0 atom stereocenters. The highest BCUT2D eigenvalue weighted by molar-refractivity contribution is 5.99. The average molecular weight is 206 g/mol. The number of ketones is 1. The van der Waals surface area contributed by atoms with E-state index < -0.39 is 5.41 Å². The molecule has 1 aliphatic rings. The lowest BCUT2D eigenvalue weighted by Gasteiger charge is -2.50. The van der Waals surface area contributed by atoms with Crippen LogP contribution in [0.25, 0.3) is 0 Å². The Hall–Kier alpha value is -0.850. The second-order valence-corrected chi connectivity index (χ2v) is 6.39. The van der Waals surface area contributed by atoms with Gasteiger partial charge in [-0.05, 0) is 16.9 Å². The fraction of sp³-hybridized carbons (Fsp3) is 0.643. The molecule has 84 valence electrons. The molecule has 0 amide bonds. The Morgan fingerprint density at radius 3 is 1.67 bits per heavy atom. The van der Waals surface area contributed by atoms with Gasteiger partial charge in [0.1, 0.15) is 0 Å². The highest BCUT2D eigenvalue weighted by atomic mass is 16.1. The molecule has 0 N–H and O–H groups in total. The van der Waals surface area contributed by atoms with Crippen molar-refractivity contribution in [1.82, 2.24) is 0 Å². The van der Waals surface area contributed by atoms with Crippen LogP contribution in [0.4, 0.5) is 0 Å². The maximum absolute atomic E-state index is 12.3. The van der Waals surface area contributed by atoms with Crippen molar-refractivity contribution in [3.05, 3.63) is 24.3 Å². The van der Waals surface area contributed by atoms with Crippen molar-refractivity contribution in [1.29, 1.82) is 0 Å². The first kappa shape index (κ1) is 12.2. The first-order valence-corrected chi connectivity index (χ1v) is 5.53. The monoisotopic (exact) mass is 206 g/mol. The number of hydrogen-bond donors (Lipinski definition) is 0. The normalized spacial score (nSPS) is 20.8. The predicted octanol–water partition coefficient (Wildman–Crippen LogP) is 3.76. The Kier molecular flexibility index (Phi) is 2.71. The SMILES string of the molecule is CC(C)(C)C1(C(C)(C)C)C=CC=CC1=O. The van der Waals surface area contributed by atoms with Crippen LogP contribution in [0.2, 0.25) is 0 Å². The molecule has 1 nitrogen and oxygen atoms in total. The van der Waals surface area contributed by atoms with E-state index in [1.807, 2.05) is 12.2 Å². The Morgan fingerprint density at radius 2 is 1.40 bits per heavy atom. The fourth-order valence-corrected chi connectivity index (χ4v) is 2.92. The molecule has 0 saturated carbocycles. The van der Waals surface area contributed by atoms with E-state index in [9.17, 15) is 4.79 Å². The van der Waals surface area contributed by atoms with Gasteiger partial charge >= 0.3 is 0 Å². The van der Waals surface area contributed by atoms with E-state index in [1.165, 1.54) is 0 Å². The molecule has 0 fully saturated rings. The zero-order chi connectivity index (χ0) is 11.9. The van der Waals surface area contributed by atoms with Gasteiger partial charge < -0.3 is 0 Å². The van der Waals surface area contributed by atoms with Crippen LogP contribution in [0.5, 0.6) is 0 Å². The van der Waals surface area contributed by atoms with Crippen LogP contribution in [0.3, 0.4) is 0 Å². The van der Waals surface area contributed by atoms with Crippen molar-refractivity contribution >= 4 is 5.78 Å². The molecule has 0 aromatic rings. The van der Waals surface area contributed by atoms with Gasteiger partial charge in [0.05, 0.1) is 5.41 Å². The van der Waals surface area contributed by atoms with E-state index in [0.29, 0.717) is 0 Å². The smallest absolute Gasteiger partial charge is 0.166 e. The highest BCUT2D eigenvalue weighted by Gasteiger charge is 2.53. The van der Waals surface area contributed by atoms with Gasteiger partial charge in [0, 0.05) is 0 Å².